The van der Waals surface area contributed by atoms with Gasteiger partial charge in [0.2, 0.25) is 15.9 Å². The van der Waals surface area contributed by atoms with Gasteiger partial charge in [-0.2, -0.15) is 4.31 Å². The van der Waals surface area contributed by atoms with Gasteiger partial charge in [0.1, 0.15) is 5.75 Å². The van der Waals surface area contributed by atoms with Crippen molar-refractivity contribution >= 4 is 21.6 Å². The third kappa shape index (κ3) is 3.89. The Morgan fingerprint density at radius 1 is 1.00 bits per heavy atom. The van der Waals surface area contributed by atoms with Crippen LogP contribution in [0.15, 0.2) is 53.4 Å². The van der Waals surface area contributed by atoms with Crippen molar-refractivity contribution in [3.8, 4) is 5.75 Å². The number of anilines is 1. The van der Waals surface area contributed by atoms with Crippen molar-refractivity contribution in [2.45, 2.75) is 30.6 Å². The molecule has 2 heterocycles. The number of aryl methyl sites for hydroxylation is 1. The molecule has 0 atom stereocenters. The number of nitrogens with zero attached hydrogens (tertiary/aromatic N) is 2. The number of hydrogen-bond acceptors (Lipinski definition) is 4. The van der Waals surface area contributed by atoms with Gasteiger partial charge in [0.25, 0.3) is 0 Å². The molecular formula is C22H26N2O4S. The summed E-state index contributed by atoms with van der Waals surface area (Å²) in [4.78, 5) is 15.3. The molecule has 1 amide bonds. The van der Waals surface area contributed by atoms with Gasteiger partial charge in [-0.1, -0.05) is 18.2 Å². The topological polar surface area (TPSA) is 66.9 Å². The van der Waals surface area contributed by atoms with Crippen LogP contribution in [-0.4, -0.2) is 45.4 Å². The zero-order chi connectivity index (χ0) is 20.4. The lowest BCUT2D eigenvalue weighted by molar-refractivity contribution is -0.123. The van der Waals surface area contributed by atoms with Gasteiger partial charge in [-0.25, -0.2) is 8.42 Å². The zero-order valence-corrected chi connectivity index (χ0v) is 17.4. The Hall–Kier alpha value is -2.38. The van der Waals surface area contributed by atoms with E-state index in [9.17, 15) is 13.2 Å². The summed E-state index contributed by atoms with van der Waals surface area (Å²) in [6.45, 7) is 1.46. The van der Waals surface area contributed by atoms with Crippen molar-refractivity contribution in [2.75, 3.05) is 31.6 Å². The highest BCUT2D eigenvalue weighted by Gasteiger charge is 2.35. The van der Waals surface area contributed by atoms with Gasteiger partial charge < -0.3 is 9.64 Å². The summed E-state index contributed by atoms with van der Waals surface area (Å²) in [6, 6.07) is 14.5. The van der Waals surface area contributed by atoms with E-state index in [1.54, 1.807) is 31.4 Å². The number of piperidine rings is 1. The number of carbonyl (C=O) groups excluding carboxylic acids is 1. The average Bonchev–Trinajstić information content (AvgIpc) is 2.78. The van der Waals surface area contributed by atoms with Crippen LogP contribution < -0.4 is 9.64 Å². The molecule has 0 aliphatic carbocycles. The van der Waals surface area contributed by atoms with Crippen LogP contribution in [0, 0.1) is 5.92 Å². The number of methoxy groups -OCH3 is 1. The predicted octanol–water partition coefficient (Wildman–Crippen LogP) is 3.08. The molecule has 154 valence electrons. The van der Waals surface area contributed by atoms with Crippen LogP contribution in [0.2, 0.25) is 0 Å². The van der Waals surface area contributed by atoms with Crippen molar-refractivity contribution in [1.82, 2.24) is 4.31 Å². The zero-order valence-electron chi connectivity index (χ0n) is 16.6. The normalized spacial score (nSPS) is 18.3. The largest absolute Gasteiger partial charge is 0.497 e. The molecule has 1 saturated heterocycles. The Balaban J connectivity index is 1.43. The number of benzene rings is 2. The second kappa shape index (κ2) is 8.16. The third-order valence-corrected chi connectivity index (χ3v) is 7.79. The first-order valence-corrected chi connectivity index (χ1v) is 11.5. The number of rotatable bonds is 4. The Bertz CT molecular complexity index is 980. The lowest BCUT2D eigenvalue weighted by Crippen LogP contribution is -2.45. The Kier molecular flexibility index (Phi) is 5.61. The Labute approximate surface area is 172 Å². The molecule has 0 saturated carbocycles. The van der Waals surface area contributed by atoms with E-state index in [-0.39, 0.29) is 16.7 Å². The molecule has 0 N–H and O–H groups in total. The molecule has 0 aromatic heterocycles. The molecule has 1 fully saturated rings. The molecule has 0 bridgehead atoms. The lowest BCUT2D eigenvalue weighted by atomic mass is 9.94. The minimum Gasteiger partial charge on any atom is -0.497 e. The minimum atomic E-state index is -3.56. The van der Waals surface area contributed by atoms with Gasteiger partial charge in [0.05, 0.1) is 12.0 Å². The highest BCUT2D eigenvalue weighted by molar-refractivity contribution is 7.89. The summed E-state index contributed by atoms with van der Waals surface area (Å²) < 4.78 is 32.4. The average molecular weight is 415 g/mol. The second-order valence-electron chi connectivity index (χ2n) is 7.58. The summed E-state index contributed by atoms with van der Waals surface area (Å²) in [7, 11) is -2.01. The molecule has 0 spiro atoms. The fourth-order valence-electron chi connectivity index (χ4n) is 4.22. The van der Waals surface area contributed by atoms with Crippen LogP contribution >= 0.6 is 0 Å². The number of sulfonamides is 1. The van der Waals surface area contributed by atoms with Gasteiger partial charge in [-0.05, 0) is 61.6 Å². The van der Waals surface area contributed by atoms with E-state index in [0.717, 1.165) is 25.1 Å². The lowest BCUT2D eigenvalue weighted by Gasteiger charge is -2.36. The van der Waals surface area contributed by atoms with Gasteiger partial charge in [-0.15, -0.1) is 0 Å². The molecule has 7 heteroatoms. The van der Waals surface area contributed by atoms with E-state index >= 15 is 0 Å². The highest BCUT2D eigenvalue weighted by atomic mass is 32.2. The first kappa shape index (κ1) is 19.9. The number of hydrogen-bond donors (Lipinski definition) is 0. The summed E-state index contributed by atoms with van der Waals surface area (Å²) in [6.07, 6.45) is 3.06. The van der Waals surface area contributed by atoms with Crippen LogP contribution in [0.5, 0.6) is 5.75 Å². The standard InChI is InChI=1S/C22H26N2O4S/c1-28-19-8-10-20(11-9-19)29(26,27)23-15-12-18(13-16-23)22(25)24-14-4-6-17-5-2-3-7-21(17)24/h2-3,5,7-11,18H,4,6,12-16H2,1H3. The van der Waals surface area contributed by atoms with Crippen LogP contribution in [0.4, 0.5) is 5.69 Å². The number of ether oxygens (including phenoxy) is 1. The van der Waals surface area contributed by atoms with Crippen LogP contribution in [0.25, 0.3) is 0 Å². The van der Waals surface area contributed by atoms with Crippen LogP contribution in [0.3, 0.4) is 0 Å². The quantitative estimate of drug-likeness (QED) is 0.771. The van der Waals surface area contributed by atoms with Crippen LogP contribution in [-0.2, 0) is 21.2 Å². The number of fused-ring (bicyclic) bond motifs is 1. The van der Waals surface area contributed by atoms with Gasteiger partial charge in [0.15, 0.2) is 0 Å². The van der Waals surface area contributed by atoms with E-state index in [2.05, 4.69) is 6.07 Å². The van der Waals surface area contributed by atoms with E-state index in [0.29, 0.717) is 31.7 Å². The molecule has 6 nitrogen and oxygen atoms in total. The number of carbonyl (C=O) groups is 1. The molecule has 2 aliphatic heterocycles. The van der Waals surface area contributed by atoms with Crippen molar-refractivity contribution in [3.63, 3.8) is 0 Å². The van der Waals surface area contributed by atoms with E-state index in [4.69, 9.17) is 4.74 Å². The first-order valence-electron chi connectivity index (χ1n) is 10.0. The SMILES string of the molecule is COc1ccc(S(=O)(=O)N2CCC(C(=O)N3CCCc4ccccc43)CC2)cc1. The molecule has 0 radical (unpaired) electrons. The molecule has 2 aromatic rings. The highest BCUT2D eigenvalue weighted by Crippen LogP contribution is 2.31. The second-order valence-corrected chi connectivity index (χ2v) is 9.51. The van der Waals surface area contributed by atoms with Crippen LogP contribution in [0.1, 0.15) is 24.8 Å². The van der Waals surface area contributed by atoms with E-state index in [1.807, 2.05) is 23.1 Å². The maximum Gasteiger partial charge on any atom is 0.243 e. The van der Waals surface area contributed by atoms with Gasteiger partial charge in [0, 0.05) is 31.2 Å². The predicted molar refractivity (Wildman–Crippen MR) is 112 cm³/mol. The van der Waals surface area contributed by atoms with E-state index < -0.39 is 10.0 Å². The molecule has 4 rings (SSSR count). The first-order chi connectivity index (χ1) is 14.0. The maximum atomic E-state index is 13.2. The number of amides is 1. The molecule has 2 aliphatic rings. The van der Waals surface area contributed by atoms with E-state index in [1.165, 1.54) is 9.87 Å². The monoisotopic (exact) mass is 414 g/mol. The summed E-state index contributed by atoms with van der Waals surface area (Å²) in [5.41, 5.74) is 2.23. The summed E-state index contributed by atoms with van der Waals surface area (Å²) in [5.74, 6) is 0.609. The Morgan fingerprint density at radius 3 is 2.38 bits per heavy atom. The molecule has 2 aromatic carbocycles. The van der Waals surface area contributed by atoms with Crippen molar-refractivity contribution in [2.24, 2.45) is 5.92 Å². The van der Waals surface area contributed by atoms with Crippen molar-refractivity contribution in [1.29, 1.82) is 0 Å². The summed E-state index contributed by atoms with van der Waals surface area (Å²) >= 11 is 0. The van der Waals surface area contributed by atoms with Gasteiger partial charge in [-0.3, -0.25) is 4.79 Å². The van der Waals surface area contributed by atoms with Crippen molar-refractivity contribution < 1.29 is 17.9 Å². The fourth-order valence-corrected chi connectivity index (χ4v) is 5.69. The minimum absolute atomic E-state index is 0.124. The van der Waals surface area contributed by atoms with Crippen molar-refractivity contribution in [3.05, 3.63) is 54.1 Å². The maximum absolute atomic E-state index is 13.2. The third-order valence-electron chi connectivity index (χ3n) is 5.88. The molecule has 0 unspecified atom stereocenters. The molecular weight excluding hydrogens is 388 g/mol. The van der Waals surface area contributed by atoms with Gasteiger partial charge >= 0.3 is 0 Å². The smallest absolute Gasteiger partial charge is 0.243 e. The summed E-state index contributed by atoms with van der Waals surface area (Å²) in [5, 5.41) is 0. The number of para-hydroxylation sites is 1. The Morgan fingerprint density at radius 2 is 1.69 bits per heavy atom. The fraction of sp³-hybridized carbons (Fsp3) is 0.409. The molecule has 29 heavy (non-hydrogen) atoms.